The molecule has 1 atom stereocenters. The summed E-state index contributed by atoms with van der Waals surface area (Å²) in [6.45, 7) is 2.78. The van der Waals surface area contributed by atoms with E-state index in [2.05, 4.69) is 10.6 Å². The van der Waals surface area contributed by atoms with Crippen LogP contribution in [0, 0.1) is 11.6 Å². The number of anilines is 1. The molecule has 2 saturated heterocycles. The van der Waals surface area contributed by atoms with Gasteiger partial charge in [0.25, 0.3) is 11.8 Å². The molecule has 214 valence electrons. The van der Waals surface area contributed by atoms with Crippen LogP contribution in [0.3, 0.4) is 0 Å². The molecule has 0 bridgehead atoms. The van der Waals surface area contributed by atoms with E-state index in [4.69, 9.17) is 0 Å². The van der Waals surface area contributed by atoms with Crippen molar-refractivity contribution in [2.75, 3.05) is 25.0 Å². The van der Waals surface area contributed by atoms with Crippen molar-refractivity contribution in [2.24, 2.45) is 0 Å². The van der Waals surface area contributed by atoms with Crippen LogP contribution in [0.15, 0.2) is 47.7 Å². The Morgan fingerprint density at radius 2 is 1.90 bits per heavy atom. The van der Waals surface area contributed by atoms with Crippen LogP contribution in [0.2, 0.25) is 0 Å². The molecule has 40 heavy (non-hydrogen) atoms. The summed E-state index contributed by atoms with van der Waals surface area (Å²) >= 11 is 0. The summed E-state index contributed by atoms with van der Waals surface area (Å²) in [5, 5.41) is 19.6. The fourth-order valence-electron chi connectivity index (χ4n) is 5.89. The van der Waals surface area contributed by atoms with E-state index < -0.39 is 52.1 Å². The van der Waals surface area contributed by atoms with Crippen molar-refractivity contribution in [3.05, 3.63) is 76.1 Å². The number of nitrogens with one attached hydrogen (secondary N) is 2. The van der Waals surface area contributed by atoms with Gasteiger partial charge in [0.15, 0.2) is 11.6 Å². The number of hydrogen-bond acceptors (Lipinski definition) is 5. The van der Waals surface area contributed by atoms with Crippen LogP contribution in [-0.2, 0) is 22.3 Å². The molecule has 0 spiro atoms. The maximum atomic E-state index is 14.5. The first-order valence-electron chi connectivity index (χ1n) is 13.1. The van der Waals surface area contributed by atoms with Crippen LogP contribution in [-0.4, -0.2) is 52.1 Å². The second-order valence-corrected chi connectivity index (χ2v) is 10.6. The normalized spacial score (nSPS) is 22.6. The van der Waals surface area contributed by atoms with Crippen molar-refractivity contribution in [1.82, 2.24) is 15.3 Å². The number of fused-ring (bicyclic) bond motifs is 1. The minimum absolute atomic E-state index is 0.111. The summed E-state index contributed by atoms with van der Waals surface area (Å²) in [6.07, 6.45) is -2.54. The number of amides is 2. The van der Waals surface area contributed by atoms with Crippen LogP contribution in [0.4, 0.5) is 27.6 Å². The van der Waals surface area contributed by atoms with Gasteiger partial charge in [-0.3, -0.25) is 14.6 Å². The minimum atomic E-state index is -4.59. The van der Waals surface area contributed by atoms with Crippen molar-refractivity contribution < 1.29 is 36.6 Å². The van der Waals surface area contributed by atoms with Gasteiger partial charge in [-0.05, 0) is 81.4 Å². The first kappa shape index (κ1) is 28.0. The predicted molar refractivity (Wildman–Crippen MR) is 136 cm³/mol. The summed E-state index contributed by atoms with van der Waals surface area (Å²) in [5.41, 5.74) is -2.32. The average molecular weight is 565 g/mol. The first-order valence-corrected chi connectivity index (χ1v) is 13.1. The van der Waals surface area contributed by atoms with Gasteiger partial charge in [0.1, 0.15) is 11.3 Å². The number of carbonyl (C=O) groups excluding carboxylic acids is 2. The van der Waals surface area contributed by atoms with Crippen molar-refractivity contribution in [1.29, 1.82) is 0 Å². The third kappa shape index (κ3) is 4.94. The van der Waals surface area contributed by atoms with E-state index >= 15 is 0 Å². The van der Waals surface area contributed by atoms with Gasteiger partial charge in [-0.1, -0.05) is 12.1 Å². The molecule has 5 rings (SSSR count). The maximum absolute atomic E-state index is 14.5. The van der Waals surface area contributed by atoms with Crippen LogP contribution in [0.25, 0.3) is 0 Å². The Hall–Kier alpha value is -3.51. The van der Waals surface area contributed by atoms with E-state index in [9.17, 15) is 36.6 Å². The smallest absolute Gasteiger partial charge is 0.416 e. The van der Waals surface area contributed by atoms with Gasteiger partial charge in [0.05, 0.1) is 17.6 Å². The standard InChI is InChI=1S/C28H29F5N4O3/c1-27-10-3-13-37(27)36(15-17-4-2-5-20(29)23(17)30)26(40)22(24(27)38)25(39)35-21-7-6-18(28(31,32)33)14-19(21)16-8-11-34-12-9-16/h2,4-7,14,16,34,38H,3,8-13,15H2,1H3,(H,35,39)/t27-/m1/s1. The van der Waals surface area contributed by atoms with Crippen molar-refractivity contribution in [2.45, 2.75) is 56.8 Å². The van der Waals surface area contributed by atoms with Crippen LogP contribution < -0.4 is 10.6 Å². The van der Waals surface area contributed by atoms with Crippen molar-refractivity contribution >= 4 is 17.5 Å². The fourth-order valence-corrected chi connectivity index (χ4v) is 5.89. The molecular weight excluding hydrogens is 535 g/mol. The lowest BCUT2D eigenvalue weighted by Gasteiger charge is -2.46. The Labute approximate surface area is 227 Å². The molecular formula is C28H29F5N4O3. The third-order valence-corrected chi connectivity index (χ3v) is 8.07. The molecule has 0 saturated carbocycles. The number of hydrogen-bond donors (Lipinski definition) is 3. The average Bonchev–Trinajstić information content (AvgIpc) is 3.32. The summed E-state index contributed by atoms with van der Waals surface area (Å²) in [7, 11) is 0. The number of rotatable bonds is 5. The second-order valence-electron chi connectivity index (χ2n) is 10.6. The van der Waals surface area contributed by atoms with Gasteiger partial charge in [0.2, 0.25) is 0 Å². The summed E-state index contributed by atoms with van der Waals surface area (Å²) in [4.78, 5) is 27.2. The van der Waals surface area contributed by atoms with Gasteiger partial charge in [-0.25, -0.2) is 13.8 Å². The quantitative estimate of drug-likeness (QED) is 0.351. The Morgan fingerprint density at radius 3 is 2.60 bits per heavy atom. The molecule has 0 aliphatic carbocycles. The molecule has 0 radical (unpaired) electrons. The number of nitrogens with zero attached hydrogens (tertiary/aromatic N) is 2. The zero-order valence-corrected chi connectivity index (χ0v) is 21.7. The summed E-state index contributed by atoms with van der Waals surface area (Å²) in [6, 6.07) is 6.61. The first-order chi connectivity index (χ1) is 18.9. The number of aliphatic hydroxyl groups is 1. The summed E-state index contributed by atoms with van der Waals surface area (Å²) < 4.78 is 69.0. The fraction of sp³-hybridized carbons (Fsp3) is 0.429. The largest absolute Gasteiger partial charge is 0.509 e. The Kier molecular flexibility index (Phi) is 7.34. The molecule has 3 aliphatic heterocycles. The van der Waals surface area contributed by atoms with Gasteiger partial charge in [-0.15, -0.1) is 0 Å². The molecule has 12 heteroatoms. The molecule has 2 aromatic carbocycles. The minimum Gasteiger partial charge on any atom is -0.509 e. The topological polar surface area (TPSA) is 84.9 Å². The molecule has 0 aromatic heterocycles. The van der Waals surface area contributed by atoms with Crippen LogP contribution in [0.1, 0.15) is 55.2 Å². The molecule has 7 nitrogen and oxygen atoms in total. The lowest BCUT2D eigenvalue weighted by atomic mass is 9.87. The molecule has 0 unspecified atom stereocenters. The number of alkyl halides is 3. The van der Waals surface area contributed by atoms with Gasteiger partial charge >= 0.3 is 6.18 Å². The zero-order valence-electron chi connectivity index (χ0n) is 21.7. The summed E-state index contributed by atoms with van der Waals surface area (Å²) in [5.74, 6) is -4.87. The lowest BCUT2D eigenvalue weighted by Crippen LogP contribution is -2.60. The predicted octanol–water partition coefficient (Wildman–Crippen LogP) is 5.01. The molecule has 2 amide bonds. The molecule has 2 aromatic rings. The number of hydrazine groups is 1. The van der Waals surface area contributed by atoms with E-state index in [-0.39, 0.29) is 23.7 Å². The highest BCUT2D eigenvalue weighted by atomic mass is 19.4. The van der Waals surface area contributed by atoms with Crippen LogP contribution >= 0.6 is 0 Å². The van der Waals surface area contributed by atoms with Crippen molar-refractivity contribution in [3.8, 4) is 0 Å². The van der Waals surface area contributed by atoms with E-state index in [0.717, 1.165) is 29.3 Å². The SMILES string of the molecule is C[C@]12CCCN1N(Cc1cccc(F)c1F)C(=O)C(C(=O)Nc1ccc(C(F)(F)F)cc1C1CCNCC1)=C2O. The van der Waals surface area contributed by atoms with Crippen LogP contribution in [0.5, 0.6) is 0 Å². The van der Waals surface area contributed by atoms with E-state index in [1.165, 1.54) is 12.1 Å². The van der Waals surface area contributed by atoms with E-state index in [0.29, 0.717) is 50.9 Å². The van der Waals surface area contributed by atoms with Crippen molar-refractivity contribution in [3.63, 3.8) is 0 Å². The van der Waals surface area contributed by atoms with Gasteiger partial charge in [0, 0.05) is 17.8 Å². The third-order valence-electron chi connectivity index (χ3n) is 8.07. The second kappa shape index (κ2) is 10.5. The highest BCUT2D eigenvalue weighted by Crippen LogP contribution is 2.43. The van der Waals surface area contributed by atoms with E-state index in [1.807, 2.05) is 0 Å². The van der Waals surface area contributed by atoms with E-state index in [1.54, 1.807) is 11.9 Å². The number of benzene rings is 2. The lowest BCUT2D eigenvalue weighted by molar-refractivity contribution is -0.160. The molecule has 2 fully saturated rings. The number of carbonyl (C=O) groups is 2. The number of halogens is 5. The molecule has 3 heterocycles. The van der Waals surface area contributed by atoms with Gasteiger partial charge < -0.3 is 15.7 Å². The Bertz CT molecular complexity index is 1370. The highest BCUT2D eigenvalue weighted by Gasteiger charge is 2.52. The number of aliphatic hydroxyl groups excluding tert-OH is 1. The zero-order chi connectivity index (χ0) is 28.8. The number of piperidine rings is 1. The Balaban J connectivity index is 1.51. The van der Waals surface area contributed by atoms with Gasteiger partial charge in [-0.2, -0.15) is 13.2 Å². The highest BCUT2D eigenvalue weighted by molar-refractivity contribution is 6.23. The molecule has 3 aliphatic rings. The Morgan fingerprint density at radius 1 is 1.18 bits per heavy atom. The maximum Gasteiger partial charge on any atom is 0.416 e. The molecule has 3 N–H and O–H groups in total. The monoisotopic (exact) mass is 564 g/mol.